The predicted octanol–water partition coefficient (Wildman–Crippen LogP) is 2.08. The van der Waals surface area contributed by atoms with Crippen LogP contribution in [-0.4, -0.2) is 33.3 Å². The summed E-state index contributed by atoms with van der Waals surface area (Å²) in [6.45, 7) is 5.20. The lowest BCUT2D eigenvalue weighted by atomic mass is 9.94. The quantitative estimate of drug-likeness (QED) is 0.611. The van der Waals surface area contributed by atoms with Gasteiger partial charge in [-0.15, -0.1) is 0 Å². The number of ether oxygens (including phenoxy) is 1. The predicted molar refractivity (Wildman–Crippen MR) is 71.0 cm³/mol. The summed E-state index contributed by atoms with van der Waals surface area (Å²) in [5, 5.41) is 29.7. The molecule has 0 amide bonds. The Morgan fingerprint density at radius 3 is 2.55 bits per heavy atom. The maximum absolute atomic E-state index is 11.0. The van der Waals surface area contributed by atoms with Crippen LogP contribution in [0.2, 0.25) is 0 Å². The summed E-state index contributed by atoms with van der Waals surface area (Å²) in [4.78, 5) is 20.9. The molecule has 0 aliphatic heterocycles. The maximum Gasteiger partial charge on any atom is 0.342 e. The van der Waals surface area contributed by atoms with E-state index in [1.807, 2.05) is 13.8 Å². The number of rotatable bonds is 6. The van der Waals surface area contributed by atoms with Gasteiger partial charge < -0.3 is 14.9 Å². The van der Waals surface area contributed by atoms with Gasteiger partial charge in [0.2, 0.25) is 0 Å². The molecule has 1 atom stereocenters. The highest BCUT2D eigenvalue weighted by atomic mass is 16.6. The summed E-state index contributed by atoms with van der Waals surface area (Å²) in [7, 11) is 0. The molecule has 0 heterocycles. The minimum Gasteiger partial charge on any atom is -0.491 e. The molecule has 0 aromatic heterocycles. The number of nitro groups is 1. The minimum absolute atomic E-state index is 0.0401. The van der Waals surface area contributed by atoms with Gasteiger partial charge >= 0.3 is 5.97 Å². The molecule has 1 aromatic rings. The molecule has 0 bridgehead atoms. The zero-order valence-electron chi connectivity index (χ0n) is 11.5. The molecule has 110 valence electrons. The third-order valence-electron chi connectivity index (χ3n) is 3.17. The van der Waals surface area contributed by atoms with Crippen LogP contribution in [0.15, 0.2) is 18.2 Å². The fourth-order valence-electron chi connectivity index (χ4n) is 1.33. The molecule has 7 nitrogen and oxygen atoms in total. The molecule has 0 aliphatic rings. The topological polar surface area (TPSA) is 110 Å². The van der Waals surface area contributed by atoms with E-state index in [4.69, 9.17) is 9.84 Å². The number of aromatic carboxylic acids is 1. The maximum atomic E-state index is 11.0. The van der Waals surface area contributed by atoms with Gasteiger partial charge in [0.25, 0.3) is 5.69 Å². The second kappa shape index (κ2) is 5.87. The molecule has 1 rings (SSSR count). The fourth-order valence-corrected chi connectivity index (χ4v) is 1.33. The number of nitrogens with zero attached hydrogens (tertiary/aromatic N) is 1. The molecule has 0 saturated heterocycles. The van der Waals surface area contributed by atoms with E-state index in [1.54, 1.807) is 6.92 Å². The first-order chi connectivity index (χ1) is 9.15. The van der Waals surface area contributed by atoms with Crippen molar-refractivity contribution in [2.45, 2.75) is 26.4 Å². The van der Waals surface area contributed by atoms with Crippen molar-refractivity contribution in [1.82, 2.24) is 0 Å². The smallest absolute Gasteiger partial charge is 0.342 e. The molecule has 0 aliphatic carbocycles. The molecule has 1 unspecified atom stereocenters. The number of carboxylic acids is 1. The Bertz CT molecular complexity index is 524. The third kappa shape index (κ3) is 3.67. The normalized spacial score (nSPS) is 13.8. The molecular weight excluding hydrogens is 266 g/mol. The Labute approximate surface area is 116 Å². The number of carboxylic acid groups (broad SMARTS) is 1. The highest BCUT2D eigenvalue weighted by Gasteiger charge is 2.26. The molecule has 7 heteroatoms. The highest BCUT2D eigenvalue weighted by Crippen LogP contribution is 2.25. The SMILES string of the molecule is CC(C)C(C)(O)COc1ccc([N+](=O)[O-])c(C(=O)O)c1. The Balaban J connectivity index is 2.96. The van der Waals surface area contributed by atoms with E-state index in [0.29, 0.717) is 0 Å². The molecule has 0 radical (unpaired) electrons. The highest BCUT2D eigenvalue weighted by molar-refractivity contribution is 5.92. The van der Waals surface area contributed by atoms with Crippen molar-refractivity contribution in [2.24, 2.45) is 5.92 Å². The van der Waals surface area contributed by atoms with E-state index in [0.717, 1.165) is 12.1 Å². The van der Waals surface area contributed by atoms with Crippen LogP contribution in [0.3, 0.4) is 0 Å². The van der Waals surface area contributed by atoms with E-state index in [-0.39, 0.29) is 18.3 Å². The van der Waals surface area contributed by atoms with Crippen molar-refractivity contribution in [1.29, 1.82) is 0 Å². The lowest BCUT2D eigenvalue weighted by molar-refractivity contribution is -0.385. The number of hydrogen-bond donors (Lipinski definition) is 2. The summed E-state index contributed by atoms with van der Waals surface area (Å²) in [5.41, 5.74) is -2.03. The molecular formula is C13H17NO6. The van der Waals surface area contributed by atoms with Gasteiger partial charge in [0.1, 0.15) is 17.9 Å². The Kier molecular flexibility index (Phi) is 4.67. The van der Waals surface area contributed by atoms with Gasteiger partial charge in [-0.1, -0.05) is 13.8 Å². The van der Waals surface area contributed by atoms with Crippen molar-refractivity contribution >= 4 is 11.7 Å². The number of aliphatic hydroxyl groups is 1. The number of benzene rings is 1. The van der Waals surface area contributed by atoms with Gasteiger partial charge in [-0.3, -0.25) is 10.1 Å². The van der Waals surface area contributed by atoms with Crippen molar-refractivity contribution < 1.29 is 24.7 Å². The van der Waals surface area contributed by atoms with Gasteiger partial charge in [-0.25, -0.2) is 4.79 Å². The first kappa shape index (κ1) is 15.9. The van der Waals surface area contributed by atoms with Crippen LogP contribution < -0.4 is 4.74 Å². The summed E-state index contributed by atoms with van der Waals surface area (Å²) in [5.74, 6) is -1.30. The third-order valence-corrected chi connectivity index (χ3v) is 3.17. The Hall–Kier alpha value is -2.15. The summed E-state index contributed by atoms with van der Waals surface area (Å²) >= 11 is 0. The van der Waals surface area contributed by atoms with Crippen molar-refractivity contribution in [2.75, 3.05) is 6.61 Å². The minimum atomic E-state index is -1.40. The Morgan fingerprint density at radius 1 is 1.50 bits per heavy atom. The summed E-state index contributed by atoms with van der Waals surface area (Å²) in [6, 6.07) is 3.46. The van der Waals surface area contributed by atoms with E-state index in [1.165, 1.54) is 6.07 Å². The molecule has 0 spiro atoms. The van der Waals surface area contributed by atoms with Crippen LogP contribution in [0.1, 0.15) is 31.1 Å². The van der Waals surface area contributed by atoms with Gasteiger partial charge in [-0.05, 0) is 18.9 Å². The first-order valence-electron chi connectivity index (χ1n) is 6.02. The average molecular weight is 283 g/mol. The fraction of sp³-hybridized carbons (Fsp3) is 0.462. The monoisotopic (exact) mass is 283 g/mol. The van der Waals surface area contributed by atoms with Crippen LogP contribution in [-0.2, 0) is 0 Å². The average Bonchev–Trinajstić information content (AvgIpc) is 2.35. The number of carbonyl (C=O) groups is 1. The van der Waals surface area contributed by atoms with Crippen LogP contribution in [0.5, 0.6) is 5.75 Å². The van der Waals surface area contributed by atoms with Crippen LogP contribution in [0, 0.1) is 16.0 Å². The zero-order valence-corrected chi connectivity index (χ0v) is 11.5. The molecule has 20 heavy (non-hydrogen) atoms. The van der Waals surface area contributed by atoms with Crippen molar-refractivity contribution in [3.63, 3.8) is 0 Å². The van der Waals surface area contributed by atoms with E-state index >= 15 is 0 Å². The molecule has 2 N–H and O–H groups in total. The molecule has 0 saturated carbocycles. The van der Waals surface area contributed by atoms with Crippen LogP contribution in [0.4, 0.5) is 5.69 Å². The van der Waals surface area contributed by atoms with Crippen LogP contribution >= 0.6 is 0 Å². The largest absolute Gasteiger partial charge is 0.491 e. The van der Waals surface area contributed by atoms with E-state index in [2.05, 4.69) is 0 Å². The second-order valence-electron chi connectivity index (χ2n) is 5.04. The lowest BCUT2D eigenvalue weighted by Gasteiger charge is -2.27. The number of hydrogen-bond acceptors (Lipinski definition) is 5. The van der Waals surface area contributed by atoms with Gasteiger partial charge in [0.05, 0.1) is 10.5 Å². The van der Waals surface area contributed by atoms with E-state index < -0.39 is 27.7 Å². The molecule has 1 aromatic carbocycles. The van der Waals surface area contributed by atoms with Gasteiger partial charge in [0, 0.05) is 12.1 Å². The molecule has 0 fully saturated rings. The van der Waals surface area contributed by atoms with Crippen LogP contribution in [0.25, 0.3) is 0 Å². The van der Waals surface area contributed by atoms with Gasteiger partial charge in [-0.2, -0.15) is 0 Å². The van der Waals surface area contributed by atoms with Crippen molar-refractivity contribution in [3.8, 4) is 5.75 Å². The summed E-state index contributed by atoms with van der Waals surface area (Å²) < 4.78 is 5.32. The summed E-state index contributed by atoms with van der Waals surface area (Å²) in [6.07, 6.45) is 0. The Morgan fingerprint density at radius 2 is 2.10 bits per heavy atom. The first-order valence-corrected chi connectivity index (χ1v) is 6.02. The van der Waals surface area contributed by atoms with Gasteiger partial charge in [0.15, 0.2) is 0 Å². The van der Waals surface area contributed by atoms with E-state index in [9.17, 15) is 20.0 Å². The lowest BCUT2D eigenvalue weighted by Crippen LogP contribution is -2.37. The zero-order chi connectivity index (χ0) is 15.5. The van der Waals surface area contributed by atoms with Crippen molar-refractivity contribution in [3.05, 3.63) is 33.9 Å². The second-order valence-corrected chi connectivity index (χ2v) is 5.04. The standard InChI is InChI=1S/C13H17NO6/c1-8(2)13(3,17)7-20-9-4-5-11(14(18)19)10(6-9)12(15)16/h4-6,8,17H,7H2,1-3H3,(H,15,16). The number of nitro benzene ring substituents is 1.